The molecule has 0 aromatic heterocycles. The van der Waals surface area contributed by atoms with E-state index in [0.29, 0.717) is 5.56 Å². The molecular weight excluding hydrogens is 366 g/mol. The van der Waals surface area contributed by atoms with Gasteiger partial charge in [-0.3, -0.25) is 4.79 Å². The Morgan fingerprint density at radius 2 is 1.72 bits per heavy atom. The fourth-order valence-electron chi connectivity index (χ4n) is 2.07. The summed E-state index contributed by atoms with van der Waals surface area (Å²) in [6.45, 7) is 3.32. The van der Waals surface area contributed by atoms with Crippen LogP contribution in [-0.2, 0) is 14.8 Å². The van der Waals surface area contributed by atoms with E-state index in [4.69, 9.17) is 21.5 Å². The van der Waals surface area contributed by atoms with Gasteiger partial charge in [0, 0.05) is 5.56 Å². The zero-order chi connectivity index (χ0) is 18.8. The monoisotopic (exact) mass is 381 g/mol. The van der Waals surface area contributed by atoms with Crippen LogP contribution in [0.3, 0.4) is 0 Å². The van der Waals surface area contributed by atoms with Crippen LogP contribution in [0.25, 0.3) is 0 Å². The summed E-state index contributed by atoms with van der Waals surface area (Å²) in [5.74, 6) is -1.30. The molecule has 1 unspecified atom stereocenters. The summed E-state index contributed by atoms with van der Waals surface area (Å²) in [6, 6.07) is 10.2. The molecule has 2 rings (SSSR count). The van der Waals surface area contributed by atoms with Crippen molar-refractivity contribution in [3.05, 3.63) is 64.2 Å². The molecule has 8 heteroatoms. The number of benzene rings is 2. The van der Waals surface area contributed by atoms with Gasteiger partial charge in [0.1, 0.15) is 0 Å². The van der Waals surface area contributed by atoms with Gasteiger partial charge in [0.2, 0.25) is 15.8 Å². The number of hydrogen-bond donors (Lipinski definition) is 1. The number of nitrogens with two attached hydrogens (primary N) is 1. The fraction of sp³-hybridized carbons (Fsp3) is 0.176. The summed E-state index contributed by atoms with van der Waals surface area (Å²) in [7, 11) is -4.00. The lowest BCUT2D eigenvalue weighted by molar-refractivity contribution is 0.0318. The largest absolute Gasteiger partial charge is 0.451 e. The number of carbonyl (C=O) groups is 2. The first kappa shape index (κ1) is 19.1. The molecule has 132 valence electrons. The molecule has 0 amide bonds. The standard InChI is InChI=1S/C17H16ClNO5S/c1-10-3-5-12(6-4-10)16(20)11(2)24-17(21)14-9-13(25(19,22)23)7-8-15(14)18/h3-9,11H,1-2H3,(H2,19,22,23). The van der Waals surface area contributed by atoms with E-state index in [1.54, 1.807) is 24.3 Å². The molecule has 0 bridgehead atoms. The Bertz CT molecular complexity index is 923. The lowest BCUT2D eigenvalue weighted by Crippen LogP contribution is -2.25. The predicted octanol–water partition coefficient (Wildman–Crippen LogP) is 2.72. The molecule has 0 saturated carbocycles. The molecule has 0 heterocycles. The van der Waals surface area contributed by atoms with Crippen LogP contribution in [0.15, 0.2) is 47.4 Å². The lowest BCUT2D eigenvalue weighted by atomic mass is 10.1. The number of ether oxygens (including phenoxy) is 1. The molecule has 2 aromatic rings. The molecule has 2 aromatic carbocycles. The van der Waals surface area contributed by atoms with Gasteiger partial charge >= 0.3 is 5.97 Å². The van der Waals surface area contributed by atoms with Crippen LogP contribution in [0.2, 0.25) is 5.02 Å². The number of hydrogen-bond acceptors (Lipinski definition) is 5. The summed E-state index contributed by atoms with van der Waals surface area (Å²) < 4.78 is 27.9. The van der Waals surface area contributed by atoms with Gasteiger partial charge in [-0.2, -0.15) is 0 Å². The second-order valence-electron chi connectivity index (χ2n) is 5.46. The Morgan fingerprint density at radius 1 is 1.12 bits per heavy atom. The highest BCUT2D eigenvalue weighted by atomic mass is 35.5. The Balaban J connectivity index is 2.21. The summed E-state index contributed by atoms with van der Waals surface area (Å²) in [5, 5.41) is 5.03. The zero-order valence-corrected chi connectivity index (χ0v) is 15.1. The van der Waals surface area contributed by atoms with E-state index < -0.39 is 22.1 Å². The number of Topliss-reactive ketones (excluding diaryl/α,β-unsaturated/α-hetero) is 1. The Kier molecular flexibility index (Phi) is 5.62. The molecule has 0 saturated heterocycles. The van der Waals surface area contributed by atoms with Crippen molar-refractivity contribution < 1.29 is 22.7 Å². The van der Waals surface area contributed by atoms with Crippen molar-refractivity contribution in [2.45, 2.75) is 24.8 Å². The van der Waals surface area contributed by atoms with Crippen LogP contribution in [-0.4, -0.2) is 26.3 Å². The number of esters is 1. The molecule has 2 N–H and O–H groups in total. The molecule has 25 heavy (non-hydrogen) atoms. The Morgan fingerprint density at radius 3 is 2.28 bits per heavy atom. The molecule has 0 fully saturated rings. The fourth-order valence-corrected chi connectivity index (χ4v) is 2.80. The first-order valence-electron chi connectivity index (χ1n) is 7.24. The molecule has 0 aliphatic heterocycles. The number of primary sulfonamides is 1. The molecular formula is C17H16ClNO5S. The molecule has 0 aliphatic rings. The van der Waals surface area contributed by atoms with Gasteiger partial charge in [-0.1, -0.05) is 41.4 Å². The number of rotatable bonds is 5. The van der Waals surface area contributed by atoms with Crippen molar-refractivity contribution in [2.75, 3.05) is 0 Å². The number of ketones is 1. The first-order valence-corrected chi connectivity index (χ1v) is 9.16. The SMILES string of the molecule is Cc1ccc(C(=O)C(C)OC(=O)c2cc(S(N)(=O)=O)ccc2Cl)cc1. The van der Waals surface area contributed by atoms with E-state index in [9.17, 15) is 18.0 Å². The maximum Gasteiger partial charge on any atom is 0.340 e. The number of aryl methyl sites for hydroxylation is 1. The molecule has 1 atom stereocenters. The highest BCUT2D eigenvalue weighted by molar-refractivity contribution is 7.89. The third kappa shape index (κ3) is 4.66. The van der Waals surface area contributed by atoms with Gasteiger partial charge in [-0.25, -0.2) is 18.4 Å². The zero-order valence-electron chi connectivity index (χ0n) is 13.5. The van der Waals surface area contributed by atoms with E-state index in [0.717, 1.165) is 11.6 Å². The van der Waals surface area contributed by atoms with Gasteiger partial charge < -0.3 is 4.74 Å². The van der Waals surface area contributed by atoms with E-state index in [1.165, 1.54) is 19.1 Å². The minimum atomic E-state index is -4.00. The van der Waals surface area contributed by atoms with Crippen molar-refractivity contribution in [3.8, 4) is 0 Å². The number of sulfonamides is 1. The van der Waals surface area contributed by atoms with Crippen molar-refractivity contribution in [2.24, 2.45) is 5.14 Å². The number of halogens is 1. The van der Waals surface area contributed by atoms with Crippen LogP contribution in [0, 0.1) is 6.92 Å². The Labute approximate surface area is 150 Å². The highest BCUT2D eigenvalue weighted by Gasteiger charge is 2.23. The topological polar surface area (TPSA) is 104 Å². The van der Waals surface area contributed by atoms with Gasteiger partial charge in [-0.05, 0) is 32.0 Å². The first-order chi connectivity index (χ1) is 11.6. The van der Waals surface area contributed by atoms with Crippen molar-refractivity contribution in [1.29, 1.82) is 0 Å². The molecule has 0 radical (unpaired) electrons. The summed E-state index contributed by atoms with van der Waals surface area (Å²) >= 11 is 5.92. The normalized spacial score (nSPS) is 12.5. The Hall–Kier alpha value is -2.22. The van der Waals surface area contributed by atoms with Gasteiger partial charge in [0.05, 0.1) is 15.5 Å². The van der Waals surface area contributed by atoms with E-state index in [2.05, 4.69) is 0 Å². The van der Waals surface area contributed by atoms with Gasteiger partial charge in [0.15, 0.2) is 6.10 Å². The van der Waals surface area contributed by atoms with Crippen LogP contribution in [0.4, 0.5) is 0 Å². The van der Waals surface area contributed by atoms with E-state index in [-0.39, 0.29) is 21.3 Å². The van der Waals surface area contributed by atoms with Crippen LogP contribution in [0.1, 0.15) is 33.2 Å². The van der Waals surface area contributed by atoms with Crippen molar-refractivity contribution in [1.82, 2.24) is 0 Å². The molecule has 0 spiro atoms. The molecule has 0 aliphatic carbocycles. The summed E-state index contributed by atoms with van der Waals surface area (Å²) in [6.07, 6.45) is -1.07. The predicted molar refractivity (Wildman–Crippen MR) is 93.2 cm³/mol. The van der Waals surface area contributed by atoms with E-state index in [1.807, 2.05) is 6.92 Å². The average Bonchev–Trinajstić information content (AvgIpc) is 2.54. The second kappa shape index (κ2) is 7.35. The maximum atomic E-state index is 12.3. The van der Waals surface area contributed by atoms with Crippen LogP contribution < -0.4 is 5.14 Å². The maximum absolute atomic E-state index is 12.3. The van der Waals surface area contributed by atoms with Crippen LogP contribution in [0.5, 0.6) is 0 Å². The summed E-state index contributed by atoms with van der Waals surface area (Å²) in [4.78, 5) is 24.3. The van der Waals surface area contributed by atoms with Crippen molar-refractivity contribution in [3.63, 3.8) is 0 Å². The second-order valence-corrected chi connectivity index (χ2v) is 7.43. The van der Waals surface area contributed by atoms with Gasteiger partial charge in [-0.15, -0.1) is 0 Å². The van der Waals surface area contributed by atoms with Crippen LogP contribution >= 0.6 is 11.6 Å². The number of carbonyl (C=O) groups excluding carboxylic acids is 2. The average molecular weight is 382 g/mol. The third-order valence-corrected chi connectivity index (χ3v) is 4.72. The van der Waals surface area contributed by atoms with E-state index >= 15 is 0 Å². The third-order valence-electron chi connectivity index (χ3n) is 3.48. The smallest absolute Gasteiger partial charge is 0.340 e. The molecule has 6 nitrogen and oxygen atoms in total. The quantitative estimate of drug-likeness (QED) is 0.633. The highest BCUT2D eigenvalue weighted by Crippen LogP contribution is 2.21. The minimum absolute atomic E-state index is 0.00705. The van der Waals surface area contributed by atoms with Crippen molar-refractivity contribution >= 4 is 33.4 Å². The summed E-state index contributed by atoms with van der Waals surface area (Å²) in [5.41, 5.74) is 1.21. The minimum Gasteiger partial charge on any atom is -0.451 e. The lowest BCUT2D eigenvalue weighted by Gasteiger charge is -2.13. The van der Waals surface area contributed by atoms with Gasteiger partial charge in [0.25, 0.3) is 0 Å².